The van der Waals surface area contributed by atoms with Crippen molar-refractivity contribution in [1.82, 2.24) is 9.80 Å². The van der Waals surface area contributed by atoms with Crippen molar-refractivity contribution in [1.29, 1.82) is 0 Å². The molecule has 0 spiro atoms. The molecular formula is C26H23F2N3O. The Kier molecular flexibility index (Phi) is 5.64. The van der Waals surface area contributed by atoms with Crippen molar-refractivity contribution in [3.05, 3.63) is 94.6 Å². The van der Waals surface area contributed by atoms with E-state index in [-0.39, 0.29) is 17.5 Å². The van der Waals surface area contributed by atoms with Gasteiger partial charge in [0.15, 0.2) is 0 Å². The first-order valence-corrected chi connectivity index (χ1v) is 10.8. The molecule has 1 amide bonds. The number of hydrogen-bond donors (Lipinski definition) is 0. The van der Waals surface area contributed by atoms with Gasteiger partial charge in [0, 0.05) is 56.6 Å². The van der Waals surface area contributed by atoms with E-state index in [4.69, 9.17) is 0 Å². The maximum atomic E-state index is 14.5. The average Bonchev–Trinajstić information content (AvgIpc) is 3.16. The molecular weight excluding hydrogens is 408 g/mol. The van der Waals surface area contributed by atoms with Gasteiger partial charge in [0.25, 0.3) is 5.91 Å². The molecule has 1 saturated heterocycles. The number of piperazine rings is 1. The Morgan fingerprint density at radius 2 is 1.44 bits per heavy atom. The minimum atomic E-state index is -0.375. The van der Waals surface area contributed by atoms with Crippen molar-refractivity contribution in [2.75, 3.05) is 26.2 Å². The Morgan fingerprint density at radius 1 is 0.781 bits per heavy atom. The molecule has 0 atom stereocenters. The predicted octanol–water partition coefficient (Wildman–Crippen LogP) is 4.52. The fraction of sp³-hybridized carbons (Fsp3) is 0.231. The van der Waals surface area contributed by atoms with E-state index < -0.39 is 0 Å². The maximum absolute atomic E-state index is 14.5. The van der Waals surface area contributed by atoms with Gasteiger partial charge in [0.1, 0.15) is 11.6 Å². The van der Waals surface area contributed by atoms with Crippen LogP contribution in [-0.2, 0) is 13.1 Å². The van der Waals surface area contributed by atoms with E-state index >= 15 is 0 Å². The van der Waals surface area contributed by atoms with Gasteiger partial charge in [0.05, 0.1) is 5.56 Å². The van der Waals surface area contributed by atoms with Gasteiger partial charge in [-0.25, -0.2) is 13.8 Å². The predicted molar refractivity (Wildman–Crippen MR) is 121 cm³/mol. The monoisotopic (exact) mass is 431 g/mol. The first-order chi connectivity index (χ1) is 15.6. The number of benzene rings is 3. The summed E-state index contributed by atoms with van der Waals surface area (Å²) in [6.07, 6.45) is 1.51. The second-order valence-electron chi connectivity index (χ2n) is 8.31. The van der Waals surface area contributed by atoms with Crippen molar-refractivity contribution in [2.24, 2.45) is 4.99 Å². The van der Waals surface area contributed by atoms with Crippen LogP contribution in [0.4, 0.5) is 8.78 Å². The molecule has 0 aliphatic carbocycles. The molecule has 0 saturated carbocycles. The van der Waals surface area contributed by atoms with Gasteiger partial charge in [-0.2, -0.15) is 0 Å². The molecule has 2 heterocycles. The number of nitrogens with zero attached hydrogens (tertiary/aromatic N) is 3. The normalized spacial score (nSPS) is 16.5. The van der Waals surface area contributed by atoms with Crippen LogP contribution in [0.15, 0.2) is 65.7 Å². The number of amides is 1. The van der Waals surface area contributed by atoms with E-state index in [2.05, 4.69) is 26.9 Å². The number of carbonyl (C=O) groups excluding carboxylic acids is 1. The van der Waals surface area contributed by atoms with Crippen LogP contribution in [0.5, 0.6) is 0 Å². The third kappa shape index (κ3) is 4.24. The van der Waals surface area contributed by atoms with Crippen LogP contribution in [0.25, 0.3) is 11.1 Å². The Morgan fingerprint density at radius 3 is 2.16 bits per heavy atom. The van der Waals surface area contributed by atoms with Crippen molar-refractivity contribution >= 4 is 12.1 Å². The van der Waals surface area contributed by atoms with Gasteiger partial charge < -0.3 is 0 Å². The summed E-state index contributed by atoms with van der Waals surface area (Å²) in [4.78, 5) is 20.0. The molecule has 2 aliphatic heterocycles. The van der Waals surface area contributed by atoms with Crippen molar-refractivity contribution in [2.45, 2.75) is 13.1 Å². The number of hydrogen-bond acceptors (Lipinski definition) is 3. The van der Waals surface area contributed by atoms with Gasteiger partial charge in [-0.1, -0.05) is 36.4 Å². The minimum absolute atomic E-state index is 0.235. The molecule has 1 fully saturated rings. The van der Waals surface area contributed by atoms with Crippen LogP contribution in [0.2, 0.25) is 0 Å². The van der Waals surface area contributed by atoms with E-state index in [0.717, 1.165) is 43.9 Å². The highest BCUT2D eigenvalue weighted by Crippen LogP contribution is 2.26. The van der Waals surface area contributed by atoms with Gasteiger partial charge in [-0.15, -0.1) is 0 Å². The summed E-state index contributed by atoms with van der Waals surface area (Å²) in [6, 6.07) is 17.9. The summed E-state index contributed by atoms with van der Waals surface area (Å²) in [7, 11) is 0. The third-order valence-corrected chi connectivity index (χ3v) is 6.20. The Hall–Kier alpha value is -3.22. The Balaban J connectivity index is 1.23. The molecule has 4 nitrogen and oxygen atoms in total. The van der Waals surface area contributed by atoms with E-state index in [1.807, 2.05) is 24.3 Å². The molecule has 6 heteroatoms. The second kappa shape index (κ2) is 8.73. The molecule has 3 aromatic rings. The molecule has 0 bridgehead atoms. The summed E-state index contributed by atoms with van der Waals surface area (Å²) < 4.78 is 27.8. The van der Waals surface area contributed by atoms with E-state index in [0.29, 0.717) is 23.2 Å². The van der Waals surface area contributed by atoms with Crippen LogP contribution in [0.1, 0.15) is 27.0 Å². The first kappa shape index (κ1) is 20.7. The van der Waals surface area contributed by atoms with E-state index in [1.165, 1.54) is 30.0 Å². The molecule has 162 valence electrons. The van der Waals surface area contributed by atoms with E-state index in [9.17, 15) is 13.6 Å². The molecule has 5 rings (SSSR count). The molecule has 0 unspecified atom stereocenters. The lowest BCUT2D eigenvalue weighted by molar-refractivity contribution is 0.101. The highest BCUT2D eigenvalue weighted by molar-refractivity contribution is 6.12. The molecule has 0 radical (unpaired) electrons. The Labute approximate surface area is 185 Å². The first-order valence-electron chi connectivity index (χ1n) is 10.8. The van der Waals surface area contributed by atoms with Gasteiger partial charge in [-0.3, -0.25) is 14.6 Å². The Bertz CT molecular complexity index is 1180. The number of halogens is 2. The minimum Gasteiger partial charge on any atom is -0.297 e. The lowest BCUT2D eigenvalue weighted by atomic mass is 9.99. The third-order valence-electron chi connectivity index (χ3n) is 6.20. The number of rotatable bonds is 5. The van der Waals surface area contributed by atoms with Gasteiger partial charge in [-0.05, 0) is 41.0 Å². The molecule has 2 aliphatic rings. The topological polar surface area (TPSA) is 35.9 Å². The molecule has 32 heavy (non-hydrogen) atoms. The molecule has 3 aromatic carbocycles. The standard InChI is InChI=1S/C26H23F2N3O/c27-22-7-5-18(6-8-22)23-4-2-1-3-19(23)16-30-9-11-31(12-10-30)17-21-13-20-15-29-26(32)24(20)14-25(21)28/h1-8,13-15H,9-12,16-17H2. The fourth-order valence-corrected chi connectivity index (χ4v) is 4.40. The van der Waals surface area contributed by atoms with Crippen LogP contribution in [-0.4, -0.2) is 48.1 Å². The van der Waals surface area contributed by atoms with Crippen molar-refractivity contribution < 1.29 is 13.6 Å². The van der Waals surface area contributed by atoms with Crippen LogP contribution < -0.4 is 0 Å². The summed E-state index contributed by atoms with van der Waals surface area (Å²) in [6.45, 7) is 4.76. The second-order valence-corrected chi connectivity index (χ2v) is 8.31. The summed E-state index contributed by atoms with van der Waals surface area (Å²) in [5.74, 6) is -0.959. The average molecular weight is 431 g/mol. The lowest BCUT2D eigenvalue weighted by Crippen LogP contribution is -2.45. The fourth-order valence-electron chi connectivity index (χ4n) is 4.40. The SMILES string of the molecule is O=C1N=Cc2cc(CN3CCN(Cc4ccccc4-c4ccc(F)cc4)CC3)c(F)cc21. The highest BCUT2D eigenvalue weighted by Gasteiger charge is 2.22. The maximum Gasteiger partial charge on any atom is 0.277 e. The largest absolute Gasteiger partial charge is 0.297 e. The van der Waals surface area contributed by atoms with Gasteiger partial charge >= 0.3 is 0 Å². The van der Waals surface area contributed by atoms with Crippen LogP contribution >= 0.6 is 0 Å². The zero-order chi connectivity index (χ0) is 22.1. The molecule has 0 N–H and O–H groups in total. The quantitative estimate of drug-likeness (QED) is 0.596. The van der Waals surface area contributed by atoms with Gasteiger partial charge in [0.2, 0.25) is 0 Å². The van der Waals surface area contributed by atoms with E-state index in [1.54, 1.807) is 6.07 Å². The number of aliphatic imine (C=N–C) groups is 1. The summed E-state index contributed by atoms with van der Waals surface area (Å²) >= 11 is 0. The highest BCUT2D eigenvalue weighted by atomic mass is 19.1. The smallest absolute Gasteiger partial charge is 0.277 e. The number of fused-ring (bicyclic) bond motifs is 1. The van der Waals surface area contributed by atoms with Crippen LogP contribution in [0, 0.1) is 11.6 Å². The summed E-state index contributed by atoms with van der Waals surface area (Å²) in [5.41, 5.74) is 4.97. The summed E-state index contributed by atoms with van der Waals surface area (Å²) in [5, 5.41) is 0. The molecule has 0 aromatic heterocycles. The van der Waals surface area contributed by atoms with Crippen molar-refractivity contribution in [3.8, 4) is 11.1 Å². The van der Waals surface area contributed by atoms with Crippen LogP contribution in [0.3, 0.4) is 0 Å². The van der Waals surface area contributed by atoms with Crippen molar-refractivity contribution in [3.63, 3.8) is 0 Å². The number of carbonyl (C=O) groups is 1. The zero-order valence-corrected chi connectivity index (χ0v) is 17.6. The lowest BCUT2D eigenvalue weighted by Gasteiger charge is -2.35. The zero-order valence-electron chi connectivity index (χ0n) is 17.6.